The third kappa shape index (κ3) is 2.40. The van der Waals surface area contributed by atoms with E-state index in [-0.39, 0.29) is 12.6 Å². The molecular weight excluding hydrogens is 266 g/mol. The molecule has 0 spiro atoms. The smallest absolute Gasteiger partial charge is 0.322 e. The van der Waals surface area contributed by atoms with E-state index in [0.717, 1.165) is 4.90 Å². The Bertz CT molecular complexity index is 477. The van der Waals surface area contributed by atoms with Crippen LogP contribution in [0.15, 0.2) is 0 Å². The van der Waals surface area contributed by atoms with Gasteiger partial charge in [-0.25, -0.2) is 13.2 Å². The van der Waals surface area contributed by atoms with E-state index in [0.29, 0.717) is 12.8 Å². The molecule has 2 bridgehead atoms. The number of amides is 3. The van der Waals surface area contributed by atoms with E-state index in [9.17, 15) is 22.6 Å². The van der Waals surface area contributed by atoms with Crippen molar-refractivity contribution in [2.24, 2.45) is 5.73 Å². The minimum Gasteiger partial charge on any atom is -0.725 e. The molecule has 0 aromatic carbocycles. The molecular formula is C8H12N3O6S-. The van der Waals surface area contributed by atoms with Crippen LogP contribution in [0.3, 0.4) is 0 Å². The lowest BCUT2D eigenvalue weighted by molar-refractivity contribution is -0.122. The third-order valence-electron chi connectivity index (χ3n) is 3.15. The van der Waals surface area contributed by atoms with Gasteiger partial charge < -0.3 is 15.2 Å². The molecule has 3 amide bonds. The highest BCUT2D eigenvalue weighted by molar-refractivity contribution is 7.80. The third-order valence-corrected chi connectivity index (χ3v) is 3.55. The van der Waals surface area contributed by atoms with Crippen LogP contribution in [0.2, 0.25) is 0 Å². The number of piperidine rings is 1. The van der Waals surface area contributed by atoms with Crippen molar-refractivity contribution in [2.75, 3.05) is 13.3 Å². The maximum absolute atomic E-state index is 11.9. The van der Waals surface area contributed by atoms with Crippen molar-refractivity contribution in [3.05, 3.63) is 0 Å². The fourth-order valence-electron chi connectivity index (χ4n) is 2.32. The van der Waals surface area contributed by atoms with E-state index in [2.05, 4.69) is 4.18 Å². The van der Waals surface area contributed by atoms with E-state index < -0.39 is 35.1 Å². The minimum absolute atomic E-state index is 0.255. The zero-order valence-corrected chi connectivity index (χ0v) is 10.1. The summed E-state index contributed by atoms with van der Waals surface area (Å²) >= 11 is 0. The fourth-order valence-corrected chi connectivity index (χ4v) is 2.56. The van der Waals surface area contributed by atoms with Crippen molar-refractivity contribution in [1.29, 1.82) is 0 Å². The van der Waals surface area contributed by atoms with Gasteiger partial charge in [0.2, 0.25) is 16.3 Å². The number of hydrogen-bond acceptors (Lipinski definition) is 6. The van der Waals surface area contributed by atoms with Gasteiger partial charge in [-0.3, -0.25) is 13.9 Å². The molecule has 2 atom stereocenters. The molecule has 9 nitrogen and oxygen atoms in total. The van der Waals surface area contributed by atoms with E-state index in [1.807, 2.05) is 0 Å². The predicted octanol–water partition coefficient (Wildman–Crippen LogP) is -1.83. The summed E-state index contributed by atoms with van der Waals surface area (Å²) in [4.78, 5) is 25.4. The lowest BCUT2D eigenvalue weighted by Crippen LogP contribution is -2.47. The van der Waals surface area contributed by atoms with Gasteiger partial charge in [0.25, 0.3) is 0 Å². The Morgan fingerprint density at radius 3 is 2.72 bits per heavy atom. The first-order valence-corrected chi connectivity index (χ1v) is 6.60. The number of nitrogens with zero attached hydrogens (tertiary/aromatic N) is 2. The molecule has 0 radical (unpaired) electrons. The summed E-state index contributed by atoms with van der Waals surface area (Å²) in [5.41, 5.74) is 5.17. The fraction of sp³-hybridized carbons (Fsp3) is 0.750. The molecule has 102 valence electrons. The van der Waals surface area contributed by atoms with Crippen LogP contribution < -0.4 is 5.73 Å². The first-order chi connectivity index (χ1) is 8.29. The van der Waals surface area contributed by atoms with Gasteiger partial charge in [0.15, 0.2) is 0 Å². The number of nitrogens with two attached hydrogens (primary N) is 1. The van der Waals surface area contributed by atoms with Crippen LogP contribution in [0.4, 0.5) is 4.79 Å². The SMILES string of the molecule is NC(=O)[C@@H]1CC[C@@H]2CN1C(=O)N2COS(=O)(=O)[O-]. The zero-order valence-electron chi connectivity index (χ0n) is 9.31. The van der Waals surface area contributed by atoms with Crippen LogP contribution in [0.5, 0.6) is 0 Å². The zero-order chi connectivity index (χ0) is 13.5. The molecule has 2 saturated heterocycles. The molecule has 0 aromatic rings. The largest absolute Gasteiger partial charge is 0.725 e. The lowest BCUT2D eigenvalue weighted by Gasteiger charge is -2.28. The number of carbonyl (C=O) groups is 2. The Kier molecular flexibility index (Phi) is 3.17. The Hall–Kier alpha value is -1.39. The van der Waals surface area contributed by atoms with Crippen LogP contribution in [-0.4, -0.2) is 60.1 Å². The monoisotopic (exact) mass is 278 g/mol. The van der Waals surface area contributed by atoms with Crippen LogP contribution in [0.25, 0.3) is 0 Å². The summed E-state index contributed by atoms with van der Waals surface area (Å²) in [7, 11) is -4.85. The number of rotatable bonds is 4. The van der Waals surface area contributed by atoms with Gasteiger partial charge in [-0.1, -0.05) is 0 Å². The number of hydrogen-bond donors (Lipinski definition) is 1. The highest BCUT2D eigenvalue weighted by atomic mass is 32.3. The van der Waals surface area contributed by atoms with Crippen LogP contribution in [0.1, 0.15) is 12.8 Å². The molecule has 0 unspecified atom stereocenters. The first-order valence-electron chi connectivity index (χ1n) is 5.26. The highest BCUT2D eigenvalue weighted by Gasteiger charge is 2.46. The molecule has 2 aliphatic rings. The topological polar surface area (TPSA) is 133 Å². The van der Waals surface area contributed by atoms with Gasteiger partial charge in [0.1, 0.15) is 12.8 Å². The molecule has 2 N–H and O–H groups in total. The number of fused-ring (bicyclic) bond motifs is 2. The van der Waals surface area contributed by atoms with Gasteiger partial charge in [-0.05, 0) is 12.8 Å². The summed E-state index contributed by atoms with van der Waals surface area (Å²) in [6.45, 7) is -0.341. The summed E-state index contributed by atoms with van der Waals surface area (Å²) in [6, 6.07) is -1.47. The molecule has 0 saturated carbocycles. The average Bonchev–Trinajstić information content (AvgIpc) is 2.48. The maximum atomic E-state index is 11.9. The second-order valence-corrected chi connectivity index (χ2v) is 5.26. The van der Waals surface area contributed by atoms with Crippen molar-refractivity contribution in [3.8, 4) is 0 Å². The molecule has 0 aromatic heterocycles. The normalized spacial score (nSPS) is 27.7. The second kappa shape index (κ2) is 4.37. The number of urea groups is 1. The van der Waals surface area contributed by atoms with Gasteiger partial charge >= 0.3 is 6.03 Å². The Balaban J connectivity index is 2.08. The lowest BCUT2D eigenvalue weighted by atomic mass is 10.0. The Morgan fingerprint density at radius 1 is 1.50 bits per heavy atom. The Labute approximate surface area is 103 Å². The van der Waals surface area contributed by atoms with Crippen LogP contribution in [0, 0.1) is 0 Å². The van der Waals surface area contributed by atoms with Gasteiger partial charge in [-0.15, -0.1) is 0 Å². The Morgan fingerprint density at radius 2 is 2.17 bits per heavy atom. The highest BCUT2D eigenvalue weighted by Crippen LogP contribution is 2.29. The van der Waals surface area contributed by atoms with Crippen molar-refractivity contribution >= 4 is 22.3 Å². The van der Waals surface area contributed by atoms with Crippen LogP contribution >= 0.6 is 0 Å². The molecule has 0 aliphatic carbocycles. The number of primary amides is 1. The standard InChI is InChI=1S/C8H13N3O6S/c9-7(12)6-2-1-5-3-10(6)8(13)11(5)4-17-18(14,15)16/h5-6H,1-4H2,(H2,9,12)(H,14,15,16)/p-1/t5-,6+/m1/s1. The quantitative estimate of drug-likeness (QED) is 0.475. The minimum atomic E-state index is -4.85. The van der Waals surface area contributed by atoms with Gasteiger partial charge in [0, 0.05) is 6.54 Å². The molecule has 2 heterocycles. The molecule has 18 heavy (non-hydrogen) atoms. The summed E-state index contributed by atoms with van der Waals surface area (Å²) in [5.74, 6) is -0.596. The maximum Gasteiger partial charge on any atom is 0.322 e. The second-order valence-electron chi connectivity index (χ2n) is 4.21. The molecule has 2 aliphatic heterocycles. The molecule has 10 heteroatoms. The summed E-state index contributed by atoms with van der Waals surface area (Å²) in [5, 5.41) is 0. The van der Waals surface area contributed by atoms with Crippen molar-refractivity contribution in [2.45, 2.75) is 24.9 Å². The van der Waals surface area contributed by atoms with Crippen LogP contribution in [-0.2, 0) is 19.4 Å². The predicted molar refractivity (Wildman–Crippen MR) is 55.6 cm³/mol. The summed E-state index contributed by atoms with van der Waals surface area (Å²) < 4.78 is 35.1. The van der Waals surface area contributed by atoms with Crippen molar-refractivity contribution in [3.63, 3.8) is 0 Å². The molecule has 2 rings (SSSR count). The summed E-state index contributed by atoms with van der Waals surface area (Å²) in [6.07, 6.45) is 0.935. The van der Waals surface area contributed by atoms with Crippen molar-refractivity contribution < 1.29 is 26.7 Å². The van der Waals surface area contributed by atoms with Gasteiger partial charge in [-0.2, -0.15) is 0 Å². The van der Waals surface area contributed by atoms with E-state index in [4.69, 9.17) is 5.73 Å². The van der Waals surface area contributed by atoms with Crippen molar-refractivity contribution in [1.82, 2.24) is 9.80 Å². The first kappa shape index (κ1) is 13.1. The number of carbonyl (C=O) groups excluding carboxylic acids is 2. The van der Waals surface area contributed by atoms with E-state index in [1.165, 1.54) is 4.90 Å². The van der Waals surface area contributed by atoms with E-state index >= 15 is 0 Å². The average molecular weight is 278 g/mol. The van der Waals surface area contributed by atoms with E-state index in [1.54, 1.807) is 0 Å². The van der Waals surface area contributed by atoms with Gasteiger partial charge in [0.05, 0.1) is 6.04 Å². The molecule has 2 fully saturated rings.